The Labute approximate surface area is 60.9 Å². The lowest BCUT2D eigenvalue weighted by Crippen LogP contribution is -1.74. The largest absolute Gasteiger partial charge is 0.411 e. The summed E-state index contributed by atoms with van der Waals surface area (Å²) in [5.41, 5.74) is 0.889. The predicted octanol–water partition coefficient (Wildman–Crippen LogP) is 2.13. The molecule has 0 saturated carbocycles. The van der Waals surface area contributed by atoms with Gasteiger partial charge in [-0.15, -0.1) is 0 Å². The maximum Gasteiger partial charge on any atom is 0.0690 e. The summed E-state index contributed by atoms with van der Waals surface area (Å²) >= 11 is 0. The van der Waals surface area contributed by atoms with E-state index in [9.17, 15) is 0 Å². The van der Waals surface area contributed by atoms with E-state index in [-0.39, 0.29) is 0 Å². The van der Waals surface area contributed by atoms with Crippen LogP contribution >= 0.6 is 0 Å². The van der Waals surface area contributed by atoms with Gasteiger partial charge in [0.1, 0.15) is 0 Å². The molecule has 0 atom stereocenters. The summed E-state index contributed by atoms with van der Waals surface area (Å²) in [4.78, 5) is 0. The van der Waals surface area contributed by atoms with Gasteiger partial charge in [-0.05, 0) is 12.5 Å². The summed E-state index contributed by atoms with van der Waals surface area (Å²) in [6, 6.07) is 0. The van der Waals surface area contributed by atoms with Crippen LogP contribution in [0.2, 0.25) is 0 Å². The second-order valence-corrected chi connectivity index (χ2v) is 1.78. The van der Waals surface area contributed by atoms with Gasteiger partial charge in [-0.1, -0.05) is 36.0 Å². The minimum absolute atomic E-state index is 0.889. The number of allylic oxidation sites excluding steroid dienone is 5. The van der Waals surface area contributed by atoms with Crippen LogP contribution in [0.15, 0.2) is 41.6 Å². The summed E-state index contributed by atoms with van der Waals surface area (Å²) in [7, 11) is 0. The average Bonchev–Trinajstić information content (AvgIpc) is 1.89. The van der Waals surface area contributed by atoms with Crippen LogP contribution in [0.25, 0.3) is 0 Å². The Morgan fingerprint density at radius 2 is 2.20 bits per heavy atom. The fraction of sp³-hybridized carbons (Fsp3) is 0.125. The summed E-state index contributed by atoms with van der Waals surface area (Å²) in [6.07, 6.45) is 8.49. The first-order valence-corrected chi connectivity index (χ1v) is 2.94. The van der Waals surface area contributed by atoms with Crippen molar-refractivity contribution >= 4 is 6.21 Å². The second-order valence-electron chi connectivity index (χ2n) is 1.78. The molecule has 0 rings (SSSR count). The Bertz CT molecular complexity index is 178. The summed E-state index contributed by atoms with van der Waals surface area (Å²) in [5.74, 6) is 0. The average molecular weight is 137 g/mol. The van der Waals surface area contributed by atoms with Crippen LogP contribution in [0.3, 0.4) is 0 Å². The Hall–Kier alpha value is -1.31. The standard InChI is InChI=1S/C8H11NO/c1-3-4-5-6-8(2)7-9-10/h3-7,10H,1H2,2H3/b5-4-,8-6+,9-7+. The minimum atomic E-state index is 0.889. The van der Waals surface area contributed by atoms with E-state index in [2.05, 4.69) is 11.7 Å². The summed E-state index contributed by atoms with van der Waals surface area (Å²) in [5, 5.41) is 10.9. The quantitative estimate of drug-likeness (QED) is 0.275. The van der Waals surface area contributed by atoms with E-state index in [4.69, 9.17) is 5.21 Å². The molecule has 0 heterocycles. The third-order valence-corrected chi connectivity index (χ3v) is 0.868. The fourth-order valence-corrected chi connectivity index (χ4v) is 0.420. The SMILES string of the molecule is C=C\C=C/C=C(C)/C=N/O. The highest BCUT2D eigenvalue weighted by Crippen LogP contribution is 1.87. The van der Waals surface area contributed by atoms with Crippen molar-refractivity contribution in [3.63, 3.8) is 0 Å². The van der Waals surface area contributed by atoms with Crippen molar-refractivity contribution in [3.05, 3.63) is 36.5 Å². The molecule has 0 radical (unpaired) electrons. The van der Waals surface area contributed by atoms with E-state index < -0.39 is 0 Å². The van der Waals surface area contributed by atoms with Gasteiger partial charge in [-0.2, -0.15) is 0 Å². The van der Waals surface area contributed by atoms with Crippen LogP contribution in [0.5, 0.6) is 0 Å². The third-order valence-electron chi connectivity index (χ3n) is 0.868. The molecule has 0 aromatic carbocycles. The molecule has 0 bridgehead atoms. The first-order valence-electron chi connectivity index (χ1n) is 2.94. The van der Waals surface area contributed by atoms with E-state index >= 15 is 0 Å². The van der Waals surface area contributed by atoms with Crippen LogP contribution in [0.4, 0.5) is 0 Å². The van der Waals surface area contributed by atoms with Gasteiger partial charge in [0.2, 0.25) is 0 Å². The van der Waals surface area contributed by atoms with Crippen molar-refractivity contribution in [1.29, 1.82) is 0 Å². The zero-order valence-corrected chi connectivity index (χ0v) is 5.99. The lowest BCUT2D eigenvalue weighted by Gasteiger charge is -1.82. The van der Waals surface area contributed by atoms with Crippen LogP contribution in [-0.2, 0) is 0 Å². The summed E-state index contributed by atoms with van der Waals surface area (Å²) < 4.78 is 0. The molecule has 0 aliphatic carbocycles. The molecule has 2 nitrogen and oxygen atoms in total. The van der Waals surface area contributed by atoms with Crippen LogP contribution in [-0.4, -0.2) is 11.4 Å². The second kappa shape index (κ2) is 5.82. The Balaban J connectivity index is 3.90. The van der Waals surface area contributed by atoms with Gasteiger partial charge in [0, 0.05) is 0 Å². The van der Waals surface area contributed by atoms with Gasteiger partial charge in [-0.3, -0.25) is 0 Å². The molecule has 0 amide bonds. The highest BCUT2D eigenvalue weighted by molar-refractivity contribution is 5.77. The van der Waals surface area contributed by atoms with E-state index in [1.54, 1.807) is 12.2 Å². The number of nitrogens with zero attached hydrogens (tertiary/aromatic N) is 1. The lowest BCUT2D eigenvalue weighted by molar-refractivity contribution is 0.321. The predicted molar refractivity (Wildman–Crippen MR) is 43.4 cm³/mol. The summed E-state index contributed by atoms with van der Waals surface area (Å²) in [6.45, 7) is 5.34. The highest BCUT2D eigenvalue weighted by atomic mass is 16.4. The molecule has 0 saturated heterocycles. The van der Waals surface area contributed by atoms with E-state index in [1.165, 1.54) is 6.21 Å². The maximum absolute atomic E-state index is 8.08. The number of hydrogen-bond acceptors (Lipinski definition) is 2. The van der Waals surface area contributed by atoms with Crippen LogP contribution < -0.4 is 0 Å². The maximum atomic E-state index is 8.08. The molecule has 0 unspecified atom stereocenters. The molecular formula is C8H11NO. The molecule has 0 aliphatic rings. The van der Waals surface area contributed by atoms with Gasteiger partial charge in [-0.25, -0.2) is 0 Å². The van der Waals surface area contributed by atoms with E-state index in [0.29, 0.717) is 0 Å². The smallest absolute Gasteiger partial charge is 0.0690 e. The molecule has 10 heavy (non-hydrogen) atoms. The number of hydrogen-bond donors (Lipinski definition) is 1. The Morgan fingerprint density at radius 3 is 2.70 bits per heavy atom. The van der Waals surface area contributed by atoms with Crippen molar-refractivity contribution in [2.75, 3.05) is 0 Å². The molecule has 54 valence electrons. The molecule has 1 N–H and O–H groups in total. The van der Waals surface area contributed by atoms with Gasteiger partial charge < -0.3 is 5.21 Å². The highest BCUT2D eigenvalue weighted by Gasteiger charge is 1.75. The van der Waals surface area contributed by atoms with Gasteiger partial charge >= 0.3 is 0 Å². The molecule has 0 fully saturated rings. The van der Waals surface area contributed by atoms with E-state index in [1.807, 2.05) is 19.1 Å². The minimum Gasteiger partial charge on any atom is -0.411 e. The number of rotatable bonds is 3. The lowest BCUT2D eigenvalue weighted by atomic mass is 10.3. The van der Waals surface area contributed by atoms with Crippen molar-refractivity contribution in [2.24, 2.45) is 5.16 Å². The van der Waals surface area contributed by atoms with Crippen LogP contribution in [0, 0.1) is 0 Å². The first kappa shape index (κ1) is 8.69. The Kier molecular flexibility index (Phi) is 5.06. The van der Waals surface area contributed by atoms with Crippen molar-refractivity contribution in [2.45, 2.75) is 6.92 Å². The topological polar surface area (TPSA) is 32.6 Å². The zero-order valence-electron chi connectivity index (χ0n) is 5.99. The van der Waals surface area contributed by atoms with Crippen molar-refractivity contribution in [1.82, 2.24) is 0 Å². The molecule has 0 aliphatic heterocycles. The fourth-order valence-electron chi connectivity index (χ4n) is 0.420. The monoisotopic (exact) mass is 137 g/mol. The number of oxime groups is 1. The van der Waals surface area contributed by atoms with Gasteiger partial charge in [0.15, 0.2) is 0 Å². The van der Waals surface area contributed by atoms with Gasteiger partial charge in [0.25, 0.3) is 0 Å². The van der Waals surface area contributed by atoms with Crippen molar-refractivity contribution < 1.29 is 5.21 Å². The first-order chi connectivity index (χ1) is 4.81. The zero-order chi connectivity index (χ0) is 7.82. The molecule has 0 aromatic heterocycles. The van der Waals surface area contributed by atoms with Crippen molar-refractivity contribution in [3.8, 4) is 0 Å². The Morgan fingerprint density at radius 1 is 1.50 bits per heavy atom. The van der Waals surface area contributed by atoms with Gasteiger partial charge in [0.05, 0.1) is 6.21 Å². The third kappa shape index (κ3) is 4.84. The van der Waals surface area contributed by atoms with Crippen LogP contribution in [0.1, 0.15) is 6.92 Å². The molecule has 0 aromatic rings. The van der Waals surface area contributed by atoms with E-state index in [0.717, 1.165) is 5.57 Å². The molecular weight excluding hydrogens is 126 g/mol. The normalized spacial score (nSPS) is 13.1. The molecule has 2 heteroatoms. The molecule has 0 spiro atoms.